The highest BCUT2D eigenvalue weighted by Crippen LogP contribution is 2.36. The van der Waals surface area contributed by atoms with Crippen LogP contribution in [0.4, 0.5) is 5.69 Å². The van der Waals surface area contributed by atoms with E-state index in [-0.39, 0.29) is 17.1 Å². The molecule has 2 amide bonds. The van der Waals surface area contributed by atoms with E-state index >= 15 is 0 Å². The summed E-state index contributed by atoms with van der Waals surface area (Å²) in [5, 5.41) is 5.56. The van der Waals surface area contributed by atoms with E-state index in [1.165, 1.54) is 18.7 Å². The molecule has 24 heavy (non-hydrogen) atoms. The zero-order chi connectivity index (χ0) is 16.9. The van der Waals surface area contributed by atoms with Crippen LogP contribution in [0.1, 0.15) is 30.6 Å². The highest BCUT2D eigenvalue weighted by atomic mass is 32.2. The number of rotatable bonds is 6. The summed E-state index contributed by atoms with van der Waals surface area (Å²) in [6.07, 6.45) is 2.15. The average molecular weight is 340 g/mol. The lowest BCUT2D eigenvalue weighted by Crippen LogP contribution is -2.29. The van der Waals surface area contributed by atoms with E-state index in [0.717, 1.165) is 29.0 Å². The fraction of sp³-hybridized carbons (Fsp3) is 0.263. The number of thioether (sulfide) groups is 1. The number of hydrogen-bond acceptors (Lipinski definition) is 3. The van der Waals surface area contributed by atoms with Gasteiger partial charge in [-0.1, -0.05) is 30.3 Å². The van der Waals surface area contributed by atoms with Crippen LogP contribution in [0.15, 0.2) is 59.5 Å². The first kappa shape index (κ1) is 16.6. The molecule has 0 aromatic heterocycles. The van der Waals surface area contributed by atoms with Gasteiger partial charge >= 0.3 is 0 Å². The summed E-state index contributed by atoms with van der Waals surface area (Å²) < 4.78 is 0. The first-order valence-corrected chi connectivity index (χ1v) is 8.89. The minimum atomic E-state index is -0.279. The highest BCUT2D eigenvalue weighted by Gasteiger charge is 2.29. The zero-order valence-corrected chi connectivity index (χ0v) is 14.3. The Balaban J connectivity index is 1.75. The van der Waals surface area contributed by atoms with Crippen molar-refractivity contribution >= 4 is 29.3 Å². The van der Waals surface area contributed by atoms with Crippen LogP contribution in [0.5, 0.6) is 0 Å². The number of carbonyl (C=O) groups excluding carboxylic acids is 2. The third-order valence-electron chi connectivity index (χ3n) is 3.69. The van der Waals surface area contributed by atoms with Gasteiger partial charge in [-0.05, 0) is 42.7 Å². The minimum absolute atomic E-state index is 0.0552. The van der Waals surface area contributed by atoms with Gasteiger partial charge in [0.25, 0.3) is 0 Å². The van der Waals surface area contributed by atoms with Crippen LogP contribution in [-0.4, -0.2) is 17.9 Å². The maximum absolute atomic E-state index is 12.6. The molecule has 0 aliphatic heterocycles. The second kappa shape index (κ2) is 7.53. The Hall–Kier alpha value is -2.27. The standard InChI is InChI=1S/C19H20N2O2S/c1-13(22)20-15-9-11-17(12-10-15)24-18(14-5-3-2-4-6-14)19(23)21-16-7-8-16/h2-6,9-12,16,18H,7-8H2,1H3,(H,20,22)(H,21,23). The first-order chi connectivity index (χ1) is 11.6. The van der Waals surface area contributed by atoms with Gasteiger partial charge in [0.05, 0.1) is 0 Å². The third kappa shape index (κ3) is 4.61. The summed E-state index contributed by atoms with van der Waals surface area (Å²) in [5.41, 5.74) is 1.75. The summed E-state index contributed by atoms with van der Waals surface area (Å²) in [4.78, 5) is 24.7. The predicted octanol–water partition coefficient (Wildman–Crippen LogP) is 3.76. The fourth-order valence-electron chi connectivity index (χ4n) is 2.36. The van der Waals surface area contributed by atoms with Gasteiger partial charge in [0.15, 0.2) is 0 Å². The van der Waals surface area contributed by atoms with Crippen molar-refractivity contribution in [2.45, 2.75) is 36.0 Å². The maximum Gasteiger partial charge on any atom is 0.238 e. The van der Waals surface area contributed by atoms with Crippen LogP contribution in [0.2, 0.25) is 0 Å². The van der Waals surface area contributed by atoms with E-state index in [9.17, 15) is 9.59 Å². The lowest BCUT2D eigenvalue weighted by atomic mass is 10.1. The summed E-state index contributed by atoms with van der Waals surface area (Å²) in [6.45, 7) is 1.48. The Morgan fingerprint density at radius 1 is 1.04 bits per heavy atom. The van der Waals surface area contributed by atoms with Crippen molar-refractivity contribution in [2.75, 3.05) is 5.32 Å². The van der Waals surface area contributed by atoms with E-state index < -0.39 is 0 Å². The summed E-state index contributed by atoms with van der Waals surface area (Å²) in [7, 11) is 0. The zero-order valence-electron chi connectivity index (χ0n) is 13.5. The largest absolute Gasteiger partial charge is 0.352 e. The Morgan fingerprint density at radius 2 is 1.71 bits per heavy atom. The van der Waals surface area contributed by atoms with Crippen LogP contribution >= 0.6 is 11.8 Å². The van der Waals surface area contributed by atoms with Crippen LogP contribution in [0.25, 0.3) is 0 Å². The van der Waals surface area contributed by atoms with Gasteiger partial charge in [-0.25, -0.2) is 0 Å². The molecule has 0 heterocycles. The first-order valence-electron chi connectivity index (χ1n) is 8.01. The van der Waals surface area contributed by atoms with Crippen LogP contribution in [-0.2, 0) is 9.59 Å². The van der Waals surface area contributed by atoms with Crippen molar-refractivity contribution in [1.82, 2.24) is 5.32 Å². The number of carbonyl (C=O) groups is 2. The molecule has 4 nitrogen and oxygen atoms in total. The molecule has 1 atom stereocenters. The molecule has 0 saturated heterocycles. The van der Waals surface area contributed by atoms with Gasteiger partial charge in [-0.2, -0.15) is 0 Å². The van der Waals surface area contributed by atoms with E-state index in [0.29, 0.717) is 6.04 Å². The topological polar surface area (TPSA) is 58.2 Å². The Labute approximate surface area is 146 Å². The number of nitrogens with one attached hydrogen (secondary N) is 2. The van der Waals surface area contributed by atoms with Crippen molar-refractivity contribution < 1.29 is 9.59 Å². The van der Waals surface area contributed by atoms with Crippen LogP contribution in [0.3, 0.4) is 0 Å². The smallest absolute Gasteiger partial charge is 0.238 e. The van der Waals surface area contributed by atoms with Gasteiger partial charge in [-0.15, -0.1) is 11.8 Å². The Morgan fingerprint density at radius 3 is 2.29 bits per heavy atom. The highest BCUT2D eigenvalue weighted by molar-refractivity contribution is 8.00. The second-order valence-corrected chi connectivity index (χ2v) is 7.08. The molecule has 1 fully saturated rings. The number of anilines is 1. The second-order valence-electron chi connectivity index (χ2n) is 5.90. The molecule has 2 aromatic carbocycles. The quantitative estimate of drug-likeness (QED) is 0.787. The third-order valence-corrected chi connectivity index (χ3v) is 4.96. The fourth-order valence-corrected chi connectivity index (χ4v) is 3.40. The van der Waals surface area contributed by atoms with Gasteiger partial charge in [-0.3, -0.25) is 9.59 Å². The minimum Gasteiger partial charge on any atom is -0.352 e. The van der Waals surface area contributed by atoms with Crippen LogP contribution < -0.4 is 10.6 Å². The molecule has 3 rings (SSSR count). The van der Waals surface area contributed by atoms with E-state index in [1.54, 1.807) is 0 Å². The van der Waals surface area contributed by atoms with Crippen molar-refractivity contribution in [3.8, 4) is 0 Å². The molecule has 0 radical (unpaired) electrons. The van der Waals surface area contributed by atoms with Crippen molar-refractivity contribution in [3.05, 3.63) is 60.2 Å². The van der Waals surface area contributed by atoms with Crippen molar-refractivity contribution in [3.63, 3.8) is 0 Å². The molecule has 5 heteroatoms. The molecule has 1 aliphatic carbocycles. The average Bonchev–Trinajstić information content (AvgIpc) is 3.38. The SMILES string of the molecule is CC(=O)Nc1ccc(SC(C(=O)NC2CC2)c2ccccc2)cc1. The molecular formula is C19H20N2O2S. The van der Waals surface area contributed by atoms with Crippen molar-refractivity contribution in [1.29, 1.82) is 0 Å². The number of hydrogen-bond donors (Lipinski definition) is 2. The molecule has 0 bridgehead atoms. The van der Waals surface area contributed by atoms with E-state index in [2.05, 4.69) is 10.6 Å². The lowest BCUT2D eigenvalue weighted by Gasteiger charge is -2.17. The molecule has 1 aliphatic rings. The molecule has 1 saturated carbocycles. The molecule has 124 valence electrons. The Bertz CT molecular complexity index is 712. The van der Waals surface area contributed by atoms with Gasteiger partial charge in [0, 0.05) is 23.5 Å². The predicted molar refractivity (Wildman–Crippen MR) is 97.0 cm³/mol. The normalized spacial score (nSPS) is 14.7. The number of benzene rings is 2. The van der Waals surface area contributed by atoms with Crippen LogP contribution in [0, 0.1) is 0 Å². The summed E-state index contributed by atoms with van der Waals surface area (Å²) in [6, 6.07) is 17.7. The lowest BCUT2D eigenvalue weighted by molar-refractivity contribution is -0.120. The number of amides is 2. The molecule has 2 aromatic rings. The monoisotopic (exact) mass is 340 g/mol. The summed E-state index contributed by atoms with van der Waals surface area (Å²) in [5.74, 6) is -0.0407. The van der Waals surface area contributed by atoms with Gasteiger partial charge in [0.2, 0.25) is 11.8 Å². The van der Waals surface area contributed by atoms with Crippen molar-refractivity contribution in [2.24, 2.45) is 0 Å². The molecule has 2 N–H and O–H groups in total. The molecular weight excluding hydrogens is 320 g/mol. The Kier molecular flexibility index (Phi) is 5.20. The molecule has 1 unspecified atom stereocenters. The summed E-state index contributed by atoms with van der Waals surface area (Å²) >= 11 is 1.52. The van der Waals surface area contributed by atoms with Gasteiger partial charge in [0.1, 0.15) is 5.25 Å². The van der Waals surface area contributed by atoms with Gasteiger partial charge < -0.3 is 10.6 Å². The molecule has 0 spiro atoms. The maximum atomic E-state index is 12.6. The van der Waals surface area contributed by atoms with E-state index in [1.807, 2.05) is 54.6 Å². The van der Waals surface area contributed by atoms with E-state index in [4.69, 9.17) is 0 Å².